The number of alkyl halides is 3. The van der Waals surface area contributed by atoms with Gasteiger partial charge < -0.3 is 9.88 Å². The Balaban J connectivity index is 1.56. The molecule has 0 spiro atoms. The third-order valence-corrected chi connectivity index (χ3v) is 4.46. The number of carbonyl (C=O) groups is 1. The molecule has 2 aromatic carbocycles. The average molecular weight is 412 g/mol. The van der Waals surface area contributed by atoms with Crippen LogP contribution in [0.4, 0.5) is 18.9 Å². The summed E-state index contributed by atoms with van der Waals surface area (Å²) in [6, 6.07) is 15.2. The second kappa shape index (κ2) is 7.51. The number of anilines is 1. The molecule has 6 nitrogen and oxygen atoms in total. The predicted octanol–water partition coefficient (Wildman–Crippen LogP) is 3.82. The second-order valence-electron chi connectivity index (χ2n) is 6.58. The molecule has 0 bridgehead atoms. The van der Waals surface area contributed by atoms with Crippen LogP contribution in [0.5, 0.6) is 0 Å². The molecule has 4 aromatic rings. The first kappa shape index (κ1) is 19.4. The molecule has 152 valence electrons. The minimum Gasteiger partial charge on any atom is -0.325 e. The average Bonchev–Trinajstić information content (AvgIpc) is 3.16. The zero-order valence-electron chi connectivity index (χ0n) is 15.4. The fourth-order valence-electron chi connectivity index (χ4n) is 3.03. The summed E-state index contributed by atoms with van der Waals surface area (Å²) < 4.78 is 41.0. The van der Waals surface area contributed by atoms with Gasteiger partial charge >= 0.3 is 6.18 Å². The molecule has 2 aromatic heterocycles. The van der Waals surface area contributed by atoms with Crippen molar-refractivity contribution in [1.82, 2.24) is 14.2 Å². The number of hydrogen-bond donors (Lipinski definition) is 1. The summed E-state index contributed by atoms with van der Waals surface area (Å²) in [5, 5.41) is 6.75. The van der Waals surface area contributed by atoms with Crippen LogP contribution >= 0.6 is 0 Å². The van der Waals surface area contributed by atoms with Gasteiger partial charge in [0.15, 0.2) is 0 Å². The molecule has 2 heterocycles. The maximum atomic E-state index is 12.8. The number of rotatable bonds is 4. The van der Waals surface area contributed by atoms with E-state index < -0.39 is 23.2 Å². The van der Waals surface area contributed by atoms with Crippen molar-refractivity contribution in [3.05, 3.63) is 89.0 Å². The molecule has 0 atom stereocenters. The normalized spacial score (nSPS) is 11.6. The van der Waals surface area contributed by atoms with Gasteiger partial charge in [-0.15, -0.1) is 0 Å². The van der Waals surface area contributed by atoms with Crippen LogP contribution in [-0.4, -0.2) is 20.1 Å². The van der Waals surface area contributed by atoms with Crippen molar-refractivity contribution in [2.75, 3.05) is 5.32 Å². The van der Waals surface area contributed by atoms with Crippen LogP contribution in [0, 0.1) is 0 Å². The van der Waals surface area contributed by atoms with Crippen molar-refractivity contribution in [1.29, 1.82) is 0 Å². The highest BCUT2D eigenvalue weighted by molar-refractivity contribution is 5.90. The van der Waals surface area contributed by atoms with E-state index in [4.69, 9.17) is 0 Å². The van der Waals surface area contributed by atoms with Crippen molar-refractivity contribution in [3.8, 4) is 11.3 Å². The third kappa shape index (κ3) is 3.95. The van der Waals surface area contributed by atoms with E-state index in [1.54, 1.807) is 12.3 Å². The highest BCUT2D eigenvalue weighted by Crippen LogP contribution is 2.30. The first-order valence-electron chi connectivity index (χ1n) is 8.92. The molecule has 0 fully saturated rings. The summed E-state index contributed by atoms with van der Waals surface area (Å²) in [6.07, 6.45) is -1.56. The Morgan fingerprint density at radius 2 is 1.77 bits per heavy atom. The van der Waals surface area contributed by atoms with Gasteiger partial charge in [-0.3, -0.25) is 9.59 Å². The second-order valence-corrected chi connectivity index (χ2v) is 6.58. The van der Waals surface area contributed by atoms with Gasteiger partial charge in [0.05, 0.1) is 11.3 Å². The Morgan fingerprint density at radius 1 is 1.00 bits per heavy atom. The first-order chi connectivity index (χ1) is 14.3. The van der Waals surface area contributed by atoms with E-state index >= 15 is 0 Å². The number of carbonyl (C=O) groups excluding carboxylic acids is 1. The van der Waals surface area contributed by atoms with Crippen LogP contribution in [0.3, 0.4) is 0 Å². The monoisotopic (exact) mass is 412 g/mol. The standard InChI is InChI=1S/C21H15F3N4O2/c22-21(23,24)15-7-4-8-16(11-15)25-19(29)13-27-9-10-28-18(20(27)30)12-17(26-28)14-5-2-1-3-6-14/h1-12H,13H2,(H,25,29). The van der Waals surface area contributed by atoms with E-state index in [1.807, 2.05) is 30.3 Å². The fraction of sp³-hybridized carbons (Fsp3) is 0.0952. The van der Waals surface area contributed by atoms with Gasteiger partial charge in [-0.2, -0.15) is 18.3 Å². The number of nitrogens with one attached hydrogen (secondary N) is 1. The molecule has 0 saturated heterocycles. The van der Waals surface area contributed by atoms with Gasteiger partial charge in [0, 0.05) is 23.6 Å². The largest absolute Gasteiger partial charge is 0.416 e. The molecule has 0 saturated carbocycles. The highest BCUT2D eigenvalue weighted by Gasteiger charge is 2.30. The lowest BCUT2D eigenvalue weighted by Gasteiger charge is -2.10. The fourth-order valence-corrected chi connectivity index (χ4v) is 3.03. The van der Waals surface area contributed by atoms with Crippen LogP contribution < -0.4 is 10.9 Å². The molecule has 0 aliphatic heterocycles. The lowest BCUT2D eigenvalue weighted by atomic mass is 10.1. The number of halogens is 3. The van der Waals surface area contributed by atoms with E-state index in [0.717, 1.165) is 17.7 Å². The van der Waals surface area contributed by atoms with Gasteiger partial charge in [0.2, 0.25) is 5.91 Å². The van der Waals surface area contributed by atoms with E-state index in [9.17, 15) is 22.8 Å². The number of aromatic nitrogens is 3. The Hall–Kier alpha value is -3.88. The maximum absolute atomic E-state index is 12.8. The van der Waals surface area contributed by atoms with Gasteiger partial charge in [-0.1, -0.05) is 36.4 Å². The number of benzene rings is 2. The summed E-state index contributed by atoms with van der Waals surface area (Å²) in [5.41, 5.74) is 0.425. The van der Waals surface area contributed by atoms with Crippen molar-refractivity contribution < 1.29 is 18.0 Å². The van der Waals surface area contributed by atoms with Crippen LogP contribution in [0.1, 0.15) is 5.56 Å². The number of fused-ring (bicyclic) bond motifs is 1. The minimum absolute atomic E-state index is 0.000307. The van der Waals surface area contributed by atoms with Crippen molar-refractivity contribution in [2.24, 2.45) is 0 Å². The molecule has 0 aliphatic carbocycles. The van der Waals surface area contributed by atoms with Gasteiger partial charge in [-0.25, -0.2) is 4.52 Å². The Labute approximate surface area is 168 Å². The Morgan fingerprint density at radius 3 is 2.50 bits per heavy atom. The quantitative estimate of drug-likeness (QED) is 0.554. The van der Waals surface area contributed by atoms with Crippen molar-refractivity contribution >= 4 is 17.1 Å². The van der Waals surface area contributed by atoms with Crippen LogP contribution in [0.15, 0.2) is 77.9 Å². The van der Waals surface area contributed by atoms with Crippen LogP contribution in [0.25, 0.3) is 16.8 Å². The Kier molecular flexibility index (Phi) is 4.86. The van der Waals surface area contributed by atoms with E-state index in [0.29, 0.717) is 5.69 Å². The molecular weight excluding hydrogens is 397 g/mol. The number of amides is 1. The third-order valence-electron chi connectivity index (χ3n) is 4.46. The molecular formula is C21H15F3N4O2. The summed E-state index contributed by atoms with van der Waals surface area (Å²) in [6.45, 7) is -0.350. The predicted molar refractivity (Wildman–Crippen MR) is 105 cm³/mol. The smallest absolute Gasteiger partial charge is 0.325 e. The van der Waals surface area contributed by atoms with E-state index in [-0.39, 0.29) is 17.7 Å². The van der Waals surface area contributed by atoms with Crippen LogP contribution in [0.2, 0.25) is 0 Å². The minimum atomic E-state index is -4.51. The maximum Gasteiger partial charge on any atom is 0.416 e. The Bertz CT molecular complexity index is 1280. The summed E-state index contributed by atoms with van der Waals surface area (Å²) >= 11 is 0. The first-order valence-corrected chi connectivity index (χ1v) is 8.92. The summed E-state index contributed by atoms with van der Waals surface area (Å²) in [7, 11) is 0. The zero-order chi connectivity index (χ0) is 21.3. The van der Waals surface area contributed by atoms with Gasteiger partial charge in [0.1, 0.15) is 12.1 Å². The molecule has 4 rings (SSSR count). The SMILES string of the molecule is O=C(Cn1ccn2nc(-c3ccccc3)cc2c1=O)Nc1cccc(C(F)(F)F)c1. The molecule has 0 unspecified atom stereocenters. The van der Waals surface area contributed by atoms with Gasteiger partial charge in [-0.05, 0) is 24.3 Å². The van der Waals surface area contributed by atoms with Crippen molar-refractivity contribution in [2.45, 2.75) is 12.7 Å². The van der Waals surface area contributed by atoms with E-state index in [1.165, 1.54) is 27.4 Å². The highest BCUT2D eigenvalue weighted by atomic mass is 19.4. The van der Waals surface area contributed by atoms with Crippen LogP contribution in [-0.2, 0) is 17.5 Å². The summed E-state index contributed by atoms with van der Waals surface area (Å²) in [5.74, 6) is -0.622. The van der Waals surface area contributed by atoms with Crippen molar-refractivity contribution in [3.63, 3.8) is 0 Å². The molecule has 1 N–H and O–H groups in total. The zero-order valence-corrected chi connectivity index (χ0v) is 15.4. The topological polar surface area (TPSA) is 68.4 Å². The molecule has 0 radical (unpaired) electrons. The lowest BCUT2D eigenvalue weighted by molar-refractivity contribution is -0.137. The summed E-state index contributed by atoms with van der Waals surface area (Å²) in [4.78, 5) is 25.0. The van der Waals surface area contributed by atoms with Gasteiger partial charge in [0.25, 0.3) is 5.56 Å². The number of hydrogen-bond acceptors (Lipinski definition) is 3. The molecule has 0 aliphatic rings. The molecule has 9 heteroatoms. The van der Waals surface area contributed by atoms with E-state index in [2.05, 4.69) is 10.4 Å². The molecule has 1 amide bonds. The molecule has 30 heavy (non-hydrogen) atoms. The lowest BCUT2D eigenvalue weighted by Crippen LogP contribution is -2.28. The number of nitrogens with zero attached hydrogens (tertiary/aromatic N) is 3.